The fourth-order valence-corrected chi connectivity index (χ4v) is 6.00. The number of benzene rings is 2. The van der Waals surface area contributed by atoms with Crippen molar-refractivity contribution in [2.75, 3.05) is 19.5 Å². The highest BCUT2D eigenvalue weighted by Crippen LogP contribution is 2.48. The second-order valence-corrected chi connectivity index (χ2v) is 11.5. The Bertz CT molecular complexity index is 1460. The molecule has 2 aliphatic rings. The van der Waals surface area contributed by atoms with Gasteiger partial charge in [0.05, 0.1) is 19.8 Å². The summed E-state index contributed by atoms with van der Waals surface area (Å²) in [5, 5.41) is 4.54. The third-order valence-electron chi connectivity index (χ3n) is 6.73. The molecule has 37 heavy (non-hydrogen) atoms. The van der Waals surface area contributed by atoms with Crippen molar-refractivity contribution in [2.24, 2.45) is 5.41 Å². The number of hydrogen-bond donors (Lipinski definition) is 2. The molecule has 0 radical (unpaired) electrons. The van der Waals surface area contributed by atoms with Crippen LogP contribution in [0.1, 0.15) is 49.3 Å². The standard InChI is InChI=1S/C28H28ClN3O4S/c1-28(2)12-18-23(19(33)13-28)22(16-7-10-20(35-3)21(11-16)36-4)24-25(30-18)31-27(32-26(24)34)37-14-15-5-8-17(29)9-6-15/h5-11,22H,12-14H2,1-4H3,(H2,30,31,32,34)/t22-/m0/s1. The number of Topliss-reactive ketones (excluding diaryl/α,β-unsaturated/α-hetero) is 1. The third kappa shape index (κ3) is 5.00. The normalized spacial score (nSPS) is 18.1. The van der Waals surface area contributed by atoms with Crippen molar-refractivity contribution in [3.63, 3.8) is 0 Å². The average molecular weight is 538 g/mol. The number of carbonyl (C=O) groups is 1. The Balaban J connectivity index is 1.60. The topological polar surface area (TPSA) is 93.3 Å². The number of H-pyrrole nitrogens is 1. The Morgan fingerprint density at radius 3 is 2.49 bits per heavy atom. The molecule has 1 atom stereocenters. The van der Waals surface area contributed by atoms with E-state index in [4.69, 9.17) is 26.1 Å². The number of ketones is 1. The minimum atomic E-state index is -0.568. The largest absolute Gasteiger partial charge is 0.493 e. The van der Waals surface area contributed by atoms with Crippen molar-refractivity contribution < 1.29 is 14.3 Å². The molecule has 0 spiro atoms. The fraction of sp³-hybridized carbons (Fsp3) is 0.321. The number of thioether (sulfide) groups is 1. The molecule has 1 aliphatic heterocycles. The van der Waals surface area contributed by atoms with Crippen LogP contribution in [-0.2, 0) is 10.5 Å². The van der Waals surface area contributed by atoms with E-state index in [9.17, 15) is 9.59 Å². The van der Waals surface area contributed by atoms with Gasteiger partial charge >= 0.3 is 0 Å². The van der Waals surface area contributed by atoms with Gasteiger partial charge in [-0.15, -0.1) is 0 Å². The van der Waals surface area contributed by atoms with Gasteiger partial charge in [-0.05, 0) is 47.2 Å². The van der Waals surface area contributed by atoms with E-state index < -0.39 is 5.92 Å². The van der Waals surface area contributed by atoms with E-state index in [2.05, 4.69) is 24.1 Å². The van der Waals surface area contributed by atoms with Gasteiger partial charge in [-0.3, -0.25) is 9.59 Å². The molecule has 0 unspecified atom stereocenters. The van der Waals surface area contributed by atoms with Gasteiger partial charge in [-0.2, -0.15) is 0 Å². The maximum atomic E-state index is 13.6. The molecule has 1 aliphatic carbocycles. The third-order valence-corrected chi connectivity index (χ3v) is 7.93. The summed E-state index contributed by atoms with van der Waals surface area (Å²) in [7, 11) is 3.14. The summed E-state index contributed by atoms with van der Waals surface area (Å²) in [5.74, 6) is 1.67. The molecule has 5 rings (SSSR count). The van der Waals surface area contributed by atoms with Crippen molar-refractivity contribution >= 4 is 35.0 Å². The first-order valence-corrected chi connectivity index (χ1v) is 13.3. The van der Waals surface area contributed by atoms with E-state index in [1.54, 1.807) is 20.3 Å². The maximum Gasteiger partial charge on any atom is 0.257 e. The number of carbonyl (C=O) groups excluding carboxylic acids is 1. The zero-order chi connectivity index (χ0) is 26.3. The number of aromatic amines is 1. The molecule has 0 bridgehead atoms. The van der Waals surface area contributed by atoms with Crippen LogP contribution < -0.4 is 20.3 Å². The number of ether oxygens (including phenoxy) is 2. The van der Waals surface area contributed by atoms with Gasteiger partial charge in [-0.1, -0.05) is 55.4 Å². The van der Waals surface area contributed by atoms with Crippen LogP contribution >= 0.6 is 23.4 Å². The number of allylic oxidation sites excluding steroid dienone is 2. The Morgan fingerprint density at radius 1 is 1.05 bits per heavy atom. The minimum Gasteiger partial charge on any atom is -0.493 e. The molecule has 1 aromatic heterocycles. The van der Waals surface area contributed by atoms with Crippen molar-refractivity contribution in [3.05, 3.63) is 85.8 Å². The Morgan fingerprint density at radius 2 is 1.78 bits per heavy atom. The van der Waals surface area contributed by atoms with E-state index in [-0.39, 0.29) is 16.8 Å². The number of fused-ring (bicyclic) bond motifs is 1. The van der Waals surface area contributed by atoms with E-state index >= 15 is 0 Å². The van der Waals surface area contributed by atoms with Gasteiger partial charge in [0, 0.05) is 34.4 Å². The van der Waals surface area contributed by atoms with Crippen molar-refractivity contribution in [1.29, 1.82) is 0 Å². The van der Waals surface area contributed by atoms with E-state index in [0.29, 0.717) is 57.2 Å². The van der Waals surface area contributed by atoms with Gasteiger partial charge < -0.3 is 19.8 Å². The monoisotopic (exact) mass is 537 g/mol. The van der Waals surface area contributed by atoms with Crippen molar-refractivity contribution in [1.82, 2.24) is 9.97 Å². The lowest BCUT2D eigenvalue weighted by Gasteiger charge is -2.38. The molecular weight excluding hydrogens is 510 g/mol. The zero-order valence-corrected chi connectivity index (χ0v) is 22.7. The molecule has 2 heterocycles. The number of methoxy groups -OCH3 is 2. The number of anilines is 1. The highest BCUT2D eigenvalue weighted by atomic mass is 35.5. The first-order chi connectivity index (χ1) is 17.7. The molecule has 7 nitrogen and oxygen atoms in total. The number of nitrogens with one attached hydrogen (secondary N) is 2. The summed E-state index contributed by atoms with van der Waals surface area (Å²) < 4.78 is 10.9. The lowest BCUT2D eigenvalue weighted by atomic mass is 9.69. The van der Waals surface area contributed by atoms with Crippen molar-refractivity contribution in [2.45, 2.75) is 43.5 Å². The molecule has 192 valence electrons. The van der Waals surface area contributed by atoms with Crippen molar-refractivity contribution in [3.8, 4) is 11.5 Å². The summed E-state index contributed by atoms with van der Waals surface area (Å²) in [4.78, 5) is 34.8. The van der Waals surface area contributed by atoms with Crippen LogP contribution in [0.2, 0.25) is 5.02 Å². The second-order valence-electron chi connectivity index (χ2n) is 10.1. The highest BCUT2D eigenvalue weighted by Gasteiger charge is 2.42. The lowest BCUT2D eigenvalue weighted by molar-refractivity contribution is -0.118. The summed E-state index contributed by atoms with van der Waals surface area (Å²) in [6.07, 6.45) is 1.09. The Kier molecular flexibility index (Phi) is 6.81. The number of halogens is 1. The molecule has 2 N–H and O–H groups in total. The van der Waals surface area contributed by atoms with Gasteiger partial charge in [-0.25, -0.2) is 4.98 Å². The molecule has 0 saturated carbocycles. The summed E-state index contributed by atoms with van der Waals surface area (Å²) in [5.41, 5.74) is 3.23. The first-order valence-electron chi connectivity index (χ1n) is 12.0. The molecule has 3 aromatic rings. The number of nitrogens with zero attached hydrogens (tertiary/aromatic N) is 1. The van der Waals surface area contributed by atoms with Crippen LogP contribution in [0.15, 0.2) is 63.7 Å². The molecular formula is C28H28ClN3O4S. The summed E-state index contributed by atoms with van der Waals surface area (Å²) in [6, 6.07) is 13.1. The average Bonchev–Trinajstić information content (AvgIpc) is 2.86. The van der Waals surface area contributed by atoms with E-state index in [1.807, 2.05) is 36.4 Å². The lowest BCUT2D eigenvalue weighted by Crippen LogP contribution is -2.37. The Hall–Kier alpha value is -3.23. The van der Waals surface area contributed by atoms with Crippen LogP contribution in [-0.4, -0.2) is 30.0 Å². The van der Waals surface area contributed by atoms with Crippen LogP contribution in [0.25, 0.3) is 0 Å². The van der Waals surface area contributed by atoms with Crippen LogP contribution in [0.4, 0.5) is 5.82 Å². The molecule has 0 amide bonds. The smallest absolute Gasteiger partial charge is 0.257 e. The predicted molar refractivity (Wildman–Crippen MR) is 146 cm³/mol. The second kappa shape index (κ2) is 9.91. The number of hydrogen-bond acceptors (Lipinski definition) is 7. The minimum absolute atomic E-state index is 0.0322. The van der Waals surface area contributed by atoms with Gasteiger partial charge in [0.25, 0.3) is 5.56 Å². The number of aromatic nitrogens is 2. The van der Waals surface area contributed by atoms with Crippen LogP contribution in [0.3, 0.4) is 0 Å². The van der Waals surface area contributed by atoms with Crippen LogP contribution in [0.5, 0.6) is 11.5 Å². The van der Waals surface area contributed by atoms with E-state index in [0.717, 1.165) is 16.8 Å². The maximum absolute atomic E-state index is 13.6. The van der Waals surface area contributed by atoms with Gasteiger partial charge in [0.15, 0.2) is 22.4 Å². The molecule has 0 fully saturated rings. The summed E-state index contributed by atoms with van der Waals surface area (Å²) in [6.45, 7) is 4.16. The van der Waals surface area contributed by atoms with E-state index in [1.165, 1.54) is 11.8 Å². The molecule has 9 heteroatoms. The first kappa shape index (κ1) is 25.4. The van der Waals surface area contributed by atoms with Crippen LogP contribution in [0, 0.1) is 5.41 Å². The quantitative estimate of drug-likeness (QED) is 0.297. The summed E-state index contributed by atoms with van der Waals surface area (Å²) >= 11 is 7.43. The molecule has 2 aromatic carbocycles. The highest BCUT2D eigenvalue weighted by molar-refractivity contribution is 7.98. The SMILES string of the molecule is COc1ccc([C@H]2C3=C(CC(C)(C)CC3=O)Nc3nc(SCc4ccc(Cl)cc4)[nH]c(=O)c32)cc1OC. The fourth-order valence-electron chi connectivity index (χ4n) is 5.06. The van der Waals surface area contributed by atoms with Gasteiger partial charge in [0.2, 0.25) is 0 Å². The molecule has 0 saturated heterocycles. The zero-order valence-electron chi connectivity index (χ0n) is 21.1. The number of rotatable bonds is 6. The Labute approximate surface area is 224 Å². The predicted octanol–water partition coefficient (Wildman–Crippen LogP) is 5.93. The van der Waals surface area contributed by atoms with Gasteiger partial charge in [0.1, 0.15) is 5.82 Å².